The molecule has 0 radical (unpaired) electrons. The SMILES string of the molecule is CN1C(=O)C(C(=N)Nc2ccccc2)=C(NCCc2ccc(C(F)(F)F)cc2)N2C1=N[C@@H]1CCC[C@@H]12. The summed E-state index contributed by atoms with van der Waals surface area (Å²) in [5.41, 5.74) is 0.952. The fraction of sp³-hybridized carbons (Fsp3) is 0.346. The number of guanidine groups is 1. The zero-order valence-corrected chi connectivity index (χ0v) is 19.8. The molecule has 2 aromatic carbocycles. The number of nitrogens with one attached hydrogen (secondary N) is 3. The van der Waals surface area contributed by atoms with Crippen LogP contribution in [0.2, 0.25) is 0 Å². The summed E-state index contributed by atoms with van der Waals surface area (Å²) in [5.74, 6) is 0.723. The van der Waals surface area contributed by atoms with Gasteiger partial charge in [-0.05, 0) is 55.5 Å². The second-order valence-corrected chi connectivity index (χ2v) is 9.19. The highest BCUT2D eigenvalue weighted by atomic mass is 19.4. The van der Waals surface area contributed by atoms with E-state index in [4.69, 9.17) is 10.4 Å². The number of rotatable bonds is 6. The van der Waals surface area contributed by atoms with Crippen molar-refractivity contribution in [1.82, 2.24) is 15.1 Å². The van der Waals surface area contributed by atoms with E-state index in [1.807, 2.05) is 35.2 Å². The normalized spacial score (nSPS) is 21.3. The number of nitrogens with zero attached hydrogens (tertiary/aromatic N) is 3. The van der Waals surface area contributed by atoms with E-state index in [0.29, 0.717) is 30.4 Å². The van der Waals surface area contributed by atoms with E-state index in [-0.39, 0.29) is 29.4 Å². The number of para-hydroxylation sites is 1. The van der Waals surface area contributed by atoms with Crippen LogP contribution < -0.4 is 10.6 Å². The average molecular weight is 497 g/mol. The minimum Gasteiger partial charge on any atom is -0.370 e. The van der Waals surface area contributed by atoms with Crippen molar-refractivity contribution in [3.63, 3.8) is 0 Å². The van der Waals surface area contributed by atoms with E-state index in [9.17, 15) is 18.0 Å². The Kier molecular flexibility index (Phi) is 6.19. The molecule has 2 aromatic rings. The van der Waals surface area contributed by atoms with E-state index < -0.39 is 11.7 Å². The largest absolute Gasteiger partial charge is 0.416 e. The number of benzene rings is 2. The van der Waals surface area contributed by atoms with Crippen molar-refractivity contribution in [2.24, 2.45) is 4.99 Å². The van der Waals surface area contributed by atoms with Crippen LogP contribution in [-0.2, 0) is 17.4 Å². The number of carbonyl (C=O) groups excluding carboxylic acids is 1. The molecule has 36 heavy (non-hydrogen) atoms. The van der Waals surface area contributed by atoms with Gasteiger partial charge in [-0.1, -0.05) is 30.3 Å². The first kappa shape index (κ1) is 23.9. The van der Waals surface area contributed by atoms with Gasteiger partial charge < -0.3 is 10.6 Å². The highest BCUT2D eigenvalue weighted by molar-refractivity contribution is 6.28. The molecule has 0 bridgehead atoms. The molecule has 3 N–H and O–H groups in total. The van der Waals surface area contributed by atoms with Gasteiger partial charge in [-0.3, -0.25) is 20.0 Å². The van der Waals surface area contributed by atoms with Crippen molar-refractivity contribution < 1.29 is 18.0 Å². The number of amides is 1. The Bertz CT molecular complexity index is 1220. The molecule has 0 saturated heterocycles. The van der Waals surface area contributed by atoms with E-state index in [1.54, 1.807) is 7.05 Å². The Morgan fingerprint density at radius 1 is 1.11 bits per heavy atom. The molecule has 7 nitrogen and oxygen atoms in total. The van der Waals surface area contributed by atoms with Crippen molar-refractivity contribution >= 4 is 23.4 Å². The van der Waals surface area contributed by atoms with Gasteiger partial charge in [0, 0.05) is 19.3 Å². The number of fused-ring (bicyclic) bond motifs is 3. The summed E-state index contributed by atoms with van der Waals surface area (Å²) >= 11 is 0. The molecule has 2 atom stereocenters. The molecule has 10 heteroatoms. The smallest absolute Gasteiger partial charge is 0.370 e. The number of carbonyl (C=O) groups is 1. The molecule has 0 aromatic heterocycles. The first-order valence-corrected chi connectivity index (χ1v) is 11.9. The maximum absolute atomic E-state index is 13.4. The fourth-order valence-corrected chi connectivity index (χ4v) is 5.04. The quantitative estimate of drug-likeness (QED) is 0.414. The molecule has 188 valence electrons. The first-order valence-electron chi connectivity index (χ1n) is 11.9. The van der Waals surface area contributed by atoms with Gasteiger partial charge in [0.2, 0.25) is 5.96 Å². The number of anilines is 1. The molecule has 2 heterocycles. The van der Waals surface area contributed by atoms with Crippen LogP contribution in [0.5, 0.6) is 0 Å². The lowest BCUT2D eigenvalue weighted by molar-refractivity contribution is -0.137. The minimum absolute atomic E-state index is 0.0319. The molecule has 0 unspecified atom stereocenters. The topological polar surface area (TPSA) is 83.8 Å². The molecular weight excluding hydrogens is 469 g/mol. The summed E-state index contributed by atoms with van der Waals surface area (Å²) in [6.07, 6.45) is -1.02. The molecule has 1 aliphatic carbocycles. The van der Waals surface area contributed by atoms with Crippen LogP contribution in [0.15, 0.2) is 71.0 Å². The van der Waals surface area contributed by atoms with Crippen molar-refractivity contribution in [2.75, 3.05) is 18.9 Å². The highest BCUT2D eigenvalue weighted by Crippen LogP contribution is 2.38. The lowest BCUT2D eigenvalue weighted by Gasteiger charge is -2.39. The molecule has 1 fully saturated rings. The Labute approximate surface area is 207 Å². The molecule has 2 aliphatic heterocycles. The summed E-state index contributed by atoms with van der Waals surface area (Å²) in [7, 11) is 1.67. The first-order chi connectivity index (χ1) is 17.2. The third-order valence-corrected chi connectivity index (χ3v) is 6.85. The molecule has 5 rings (SSSR count). The van der Waals surface area contributed by atoms with Gasteiger partial charge in [0.25, 0.3) is 5.91 Å². The Hall–Kier alpha value is -3.82. The second kappa shape index (κ2) is 9.33. The predicted octanol–water partition coefficient (Wildman–Crippen LogP) is 4.20. The summed E-state index contributed by atoms with van der Waals surface area (Å²) in [5, 5.41) is 15.1. The highest BCUT2D eigenvalue weighted by Gasteiger charge is 2.48. The lowest BCUT2D eigenvalue weighted by Crippen LogP contribution is -2.55. The van der Waals surface area contributed by atoms with Crippen LogP contribution in [0.4, 0.5) is 18.9 Å². The van der Waals surface area contributed by atoms with Crippen molar-refractivity contribution in [2.45, 2.75) is 43.9 Å². The Morgan fingerprint density at radius 2 is 1.83 bits per heavy atom. The van der Waals surface area contributed by atoms with Crippen LogP contribution >= 0.6 is 0 Å². The Morgan fingerprint density at radius 3 is 2.53 bits per heavy atom. The van der Waals surface area contributed by atoms with Crippen molar-refractivity contribution in [1.29, 1.82) is 5.41 Å². The van der Waals surface area contributed by atoms with Gasteiger partial charge in [-0.2, -0.15) is 13.2 Å². The van der Waals surface area contributed by atoms with Gasteiger partial charge >= 0.3 is 6.18 Å². The number of hydrogen-bond acceptors (Lipinski definition) is 5. The summed E-state index contributed by atoms with van der Waals surface area (Å²) in [4.78, 5) is 21.8. The van der Waals surface area contributed by atoms with Crippen molar-refractivity contribution in [3.05, 3.63) is 77.1 Å². The number of halogens is 3. The van der Waals surface area contributed by atoms with Gasteiger partial charge in [-0.25, -0.2) is 4.99 Å². The molecular formula is C26H27F3N6O. The zero-order chi connectivity index (χ0) is 25.4. The maximum Gasteiger partial charge on any atom is 0.416 e. The maximum atomic E-state index is 13.4. The van der Waals surface area contributed by atoms with Gasteiger partial charge in [0.15, 0.2) is 0 Å². The van der Waals surface area contributed by atoms with Crippen LogP contribution in [0.3, 0.4) is 0 Å². The number of hydrogen-bond donors (Lipinski definition) is 3. The van der Waals surface area contributed by atoms with Gasteiger partial charge in [0.1, 0.15) is 17.2 Å². The molecule has 3 aliphatic rings. The fourth-order valence-electron chi connectivity index (χ4n) is 5.04. The van der Waals surface area contributed by atoms with E-state index in [2.05, 4.69) is 10.6 Å². The number of aliphatic imine (C=N–C) groups is 1. The van der Waals surface area contributed by atoms with Gasteiger partial charge in [0.05, 0.1) is 17.6 Å². The van der Waals surface area contributed by atoms with Crippen LogP contribution in [0, 0.1) is 5.41 Å². The minimum atomic E-state index is -4.37. The lowest BCUT2D eigenvalue weighted by atomic mass is 10.1. The number of likely N-dealkylation sites (N-methyl/N-ethyl adjacent to an activating group) is 1. The third-order valence-electron chi connectivity index (χ3n) is 6.85. The summed E-state index contributed by atoms with van der Waals surface area (Å²) in [6, 6.07) is 14.5. The third kappa shape index (κ3) is 4.43. The van der Waals surface area contributed by atoms with E-state index in [0.717, 1.165) is 37.0 Å². The summed E-state index contributed by atoms with van der Waals surface area (Å²) < 4.78 is 38.7. The van der Waals surface area contributed by atoms with E-state index in [1.165, 1.54) is 17.0 Å². The number of alkyl halides is 3. The molecule has 0 spiro atoms. The zero-order valence-electron chi connectivity index (χ0n) is 19.8. The second-order valence-electron chi connectivity index (χ2n) is 9.19. The summed E-state index contributed by atoms with van der Waals surface area (Å²) in [6.45, 7) is 0.376. The molecule has 1 saturated carbocycles. The van der Waals surface area contributed by atoms with Crippen LogP contribution in [0.25, 0.3) is 0 Å². The van der Waals surface area contributed by atoms with Crippen molar-refractivity contribution in [3.8, 4) is 0 Å². The number of amidine groups is 1. The Balaban J connectivity index is 1.42. The standard InChI is InChI=1S/C26H27F3N6O/c1-34-24(36)21(22(30)32-18-6-3-2-4-7-18)23(35-20-9-5-8-19(20)33-25(34)35)31-15-14-16-10-12-17(13-11-16)26(27,28)29/h2-4,6-7,10-13,19-20,31H,5,8-9,14-15H2,1H3,(H2,30,32)/t19-,20+/m1/s1. The average Bonchev–Trinajstić information content (AvgIpc) is 3.44. The van der Waals surface area contributed by atoms with Crippen LogP contribution in [-0.4, -0.2) is 53.2 Å². The van der Waals surface area contributed by atoms with Crippen LogP contribution in [0.1, 0.15) is 30.4 Å². The van der Waals surface area contributed by atoms with E-state index >= 15 is 0 Å². The monoisotopic (exact) mass is 496 g/mol. The predicted molar refractivity (Wildman–Crippen MR) is 131 cm³/mol. The molecule has 1 amide bonds. The van der Waals surface area contributed by atoms with Gasteiger partial charge in [-0.15, -0.1) is 0 Å².